The summed E-state index contributed by atoms with van der Waals surface area (Å²) in [6, 6.07) is 15.2. The summed E-state index contributed by atoms with van der Waals surface area (Å²) in [5, 5.41) is 14.0. The molecule has 2 fully saturated rings. The number of carbonyl (C=O) groups excluding carboxylic acids is 2. The minimum atomic E-state index is -0.582. The summed E-state index contributed by atoms with van der Waals surface area (Å²) in [5.74, 6) is 0.569. The van der Waals surface area contributed by atoms with Crippen LogP contribution in [0.25, 0.3) is 32.6 Å². The number of aryl methyl sites for hydroxylation is 1. The SMILES string of the molecule is Cc1ncnc2ccc(-c3sc(NC(=O)N4CCN(C(=O)OC(C)(C)C)CC4CC4CC4)nc3-c3cccc(C#N)c3)cc12. The lowest BCUT2D eigenvalue weighted by atomic mass is 10.0. The number of amides is 3. The molecule has 1 saturated carbocycles. The van der Waals surface area contributed by atoms with Crippen molar-refractivity contribution < 1.29 is 14.3 Å². The van der Waals surface area contributed by atoms with Crippen LogP contribution in [0.2, 0.25) is 0 Å². The van der Waals surface area contributed by atoms with Crippen LogP contribution in [0, 0.1) is 24.2 Å². The van der Waals surface area contributed by atoms with Gasteiger partial charge >= 0.3 is 12.1 Å². The summed E-state index contributed by atoms with van der Waals surface area (Å²) in [6.45, 7) is 8.76. The number of carbonyl (C=O) groups is 2. The second-order valence-electron chi connectivity index (χ2n) is 12.5. The van der Waals surface area contributed by atoms with Gasteiger partial charge in [-0.3, -0.25) is 5.32 Å². The van der Waals surface area contributed by atoms with Gasteiger partial charge in [0.2, 0.25) is 0 Å². The summed E-state index contributed by atoms with van der Waals surface area (Å²) in [7, 11) is 0. The van der Waals surface area contributed by atoms with Gasteiger partial charge in [0.15, 0.2) is 5.13 Å². The van der Waals surface area contributed by atoms with Gasteiger partial charge < -0.3 is 14.5 Å². The molecule has 10 nitrogen and oxygen atoms in total. The van der Waals surface area contributed by atoms with Crippen molar-refractivity contribution in [2.45, 2.75) is 58.6 Å². The van der Waals surface area contributed by atoms with Crippen LogP contribution in [0.4, 0.5) is 14.7 Å². The van der Waals surface area contributed by atoms with Crippen molar-refractivity contribution >= 4 is 39.5 Å². The van der Waals surface area contributed by atoms with E-state index in [0.29, 0.717) is 41.9 Å². The van der Waals surface area contributed by atoms with Crippen molar-refractivity contribution in [1.29, 1.82) is 5.26 Å². The van der Waals surface area contributed by atoms with Gasteiger partial charge in [-0.05, 0) is 69.9 Å². The van der Waals surface area contributed by atoms with Gasteiger partial charge in [0.1, 0.15) is 11.9 Å². The molecule has 1 atom stereocenters. The number of nitrogens with zero attached hydrogens (tertiary/aromatic N) is 6. The van der Waals surface area contributed by atoms with Gasteiger partial charge in [0.25, 0.3) is 0 Å². The zero-order valence-corrected chi connectivity index (χ0v) is 26.1. The van der Waals surface area contributed by atoms with Crippen LogP contribution in [0.15, 0.2) is 48.8 Å². The number of hydrogen-bond donors (Lipinski definition) is 1. The van der Waals surface area contributed by atoms with Crippen LogP contribution in [0.1, 0.15) is 51.3 Å². The molecule has 1 saturated heterocycles. The number of urea groups is 1. The molecule has 226 valence electrons. The van der Waals surface area contributed by atoms with Crippen molar-refractivity contribution in [2.75, 3.05) is 25.0 Å². The topological polar surface area (TPSA) is 124 Å². The molecule has 1 unspecified atom stereocenters. The number of piperazine rings is 1. The third-order valence-electron chi connectivity index (χ3n) is 7.90. The van der Waals surface area contributed by atoms with Crippen LogP contribution >= 0.6 is 11.3 Å². The third kappa shape index (κ3) is 6.50. The Kier molecular flexibility index (Phi) is 7.95. The standard InChI is InChI=1S/C33H35N7O3S/c1-20-26-16-24(10-11-27(26)36-19-35-20)29-28(23-7-5-6-22(14-23)17-34)37-30(44-29)38-31(41)40-13-12-39(32(42)43-33(2,3)4)18-25(40)15-21-8-9-21/h5-7,10-11,14,16,19,21,25H,8-9,12-13,15,18H2,1-4H3,(H,37,38,41). The summed E-state index contributed by atoms with van der Waals surface area (Å²) in [5.41, 5.74) is 4.05. The van der Waals surface area contributed by atoms with E-state index in [1.54, 1.807) is 23.4 Å². The molecule has 3 amide bonds. The van der Waals surface area contributed by atoms with Crippen LogP contribution in [-0.2, 0) is 4.74 Å². The first kappa shape index (κ1) is 29.5. The Bertz CT molecular complexity index is 1770. The van der Waals surface area contributed by atoms with Crippen molar-refractivity contribution in [3.63, 3.8) is 0 Å². The number of aromatic nitrogens is 3. The number of nitriles is 1. The number of ether oxygens (including phenoxy) is 1. The Labute approximate surface area is 260 Å². The summed E-state index contributed by atoms with van der Waals surface area (Å²) in [4.78, 5) is 44.7. The molecule has 2 aromatic carbocycles. The number of hydrogen-bond acceptors (Lipinski definition) is 8. The number of fused-ring (bicyclic) bond motifs is 1. The molecule has 0 radical (unpaired) electrons. The number of anilines is 1. The van der Waals surface area contributed by atoms with Crippen molar-refractivity contribution in [3.8, 4) is 27.8 Å². The summed E-state index contributed by atoms with van der Waals surface area (Å²) >= 11 is 1.39. The molecule has 2 aliphatic rings. The lowest BCUT2D eigenvalue weighted by molar-refractivity contribution is 0.00856. The molecule has 44 heavy (non-hydrogen) atoms. The first-order valence-electron chi connectivity index (χ1n) is 14.9. The fourth-order valence-electron chi connectivity index (χ4n) is 5.55. The predicted octanol–water partition coefficient (Wildman–Crippen LogP) is 6.85. The van der Waals surface area contributed by atoms with Crippen molar-refractivity contribution in [2.24, 2.45) is 5.92 Å². The highest BCUT2D eigenvalue weighted by Gasteiger charge is 2.38. The number of thiazole rings is 1. The predicted molar refractivity (Wildman–Crippen MR) is 170 cm³/mol. The van der Waals surface area contributed by atoms with Crippen LogP contribution in [0.5, 0.6) is 0 Å². The van der Waals surface area contributed by atoms with Gasteiger partial charge in [0.05, 0.1) is 33.8 Å². The summed E-state index contributed by atoms with van der Waals surface area (Å²) < 4.78 is 5.62. The van der Waals surface area contributed by atoms with E-state index in [-0.39, 0.29) is 18.2 Å². The highest BCUT2D eigenvalue weighted by atomic mass is 32.1. The maximum absolute atomic E-state index is 13.8. The molecule has 0 bridgehead atoms. The Morgan fingerprint density at radius 1 is 1.11 bits per heavy atom. The molecular formula is C33H35N7O3S. The Hall–Kier alpha value is -4.56. The Morgan fingerprint density at radius 3 is 2.68 bits per heavy atom. The molecule has 0 spiro atoms. The minimum Gasteiger partial charge on any atom is -0.444 e. The highest BCUT2D eigenvalue weighted by molar-refractivity contribution is 7.19. The van der Waals surface area contributed by atoms with Gasteiger partial charge in [-0.15, -0.1) is 0 Å². The smallest absolute Gasteiger partial charge is 0.410 e. The molecule has 1 aliphatic heterocycles. The second kappa shape index (κ2) is 11.8. The zero-order chi connectivity index (χ0) is 31.0. The Morgan fingerprint density at radius 2 is 1.93 bits per heavy atom. The number of nitrogens with one attached hydrogen (secondary N) is 1. The van der Waals surface area contributed by atoms with Crippen LogP contribution < -0.4 is 5.32 Å². The second-order valence-corrected chi connectivity index (χ2v) is 13.5. The summed E-state index contributed by atoms with van der Waals surface area (Å²) in [6.07, 6.45) is 4.36. The van der Waals surface area contributed by atoms with Gasteiger partial charge in [-0.1, -0.05) is 42.4 Å². The lowest BCUT2D eigenvalue weighted by Gasteiger charge is -2.41. The molecule has 3 heterocycles. The van der Waals surface area contributed by atoms with E-state index in [1.807, 2.05) is 62.9 Å². The van der Waals surface area contributed by atoms with Gasteiger partial charge in [0, 0.05) is 36.3 Å². The monoisotopic (exact) mass is 609 g/mol. The maximum Gasteiger partial charge on any atom is 0.410 e. The molecule has 1 N–H and O–H groups in total. The van der Waals surface area contributed by atoms with E-state index >= 15 is 0 Å². The Balaban J connectivity index is 1.30. The molecule has 11 heteroatoms. The average Bonchev–Trinajstić information content (AvgIpc) is 3.72. The number of benzene rings is 2. The first-order chi connectivity index (χ1) is 21.1. The normalized spacial score (nSPS) is 16.9. The lowest BCUT2D eigenvalue weighted by Crippen LogP contribution is -2.58. The van der Waals surface area contributed by atoms with E-state index in [9.17, 15) is 14.9 Å². The maximum atomic E-state index is 13.8. The largest absolute Gasteiger partial charge is 0.444 e. The van der Waals surface area contributed by atoms with Gasteiger partial charge in [-0.2, -0.15) is 5.26 Å². The zero-order valence-electron chi connectivity index (χ0n) is 25.3. The van der Waals surface area contributed by atoms with E-state index < -0.39 is 5.60 Å². The number of rotatable bonds is 5. The third-order valence-corrected chi connectivity index (χ3v) is 8.92. The average molecular weight is 610 g/mol. The first-order valence-corrected chi connectivity index (χ1v) is 15.7. The van der Waals surface area contributed by atoms with Crippen molar-refractivity contribution in [1.82, 2.24) is 24.8 Å². The fourth-order valence-corrected chi connectivity index (χ4v) is 6.52. The van der Waals surface area contributed by atoms with E-state index in [4.69, 9.17) is 9.72 Å². The molecule has 6 rings (SSSR count). The van der Waals surface area contributed by atoms with E-state index in [2.05, 4.69) is 21.4 Å². The molecule has 2 aromatic heterocycles. The van der Waals surface area contributed by atoms with E-state index in [0.717, 1.165) is 51.9 Å². The quantitative estimate of drug-likeness (QED) is 0.262. The fraction of sp³-hybridized carbons (Fsp3) is 0.394. The van der Waals surface area contributed by atoms with Crippen LogP contribution in [0.3, 0.4) is 0 Å². The van der Waals surface area contributed by atoms with Crippen molar-refractivity contribution in [3.05, 3.63) is 60.0 Å². The minimum absolute atomic E-state index is 0.113. The van der Waals surface area contributed by atoms with Gasteiger partial charge in [-0.25, -0.2) is 24.5 Å². The molecular weight excluding hydrogens is 574 g/mol. The van der Waals surface area contributed by atoms with Crippen LogP contribution in [-0.4, -0.2) is 68.2 Å². The molecule has 4 aromatic rings. The van der Waals surface area contributed by atoms with E-state index in [1.165, 1.54) is 11.3 Å². The molecule has 1 aliphatic carbocycles. The highest BCUT2D eigenvalue weighted by Crippen LogP contribution is 2.41.